The summed E-state index contributed by atoms with van der Waals surface area (Å²) in [7, 11) is 0. The average Bonchev–Trinajstić information content (AvgIpc) is 2.82. The van der Waals surface area contributed by atoms with E-state index in [1.807, 2.05) is 13.8 Å². The molecule has 2 N–H and O–H groups in total. The summed E-state index contributed by atoms with van der Waals surface area (Å²) in [4.78, 5) is 23.4. The van der Waals surface area contributed by atoms with Gasteiger partial charge >= 0.3 is 0 Å². The van der Waals surface area contributed by atoms with Crippen molar-refractivity contribution in [3.05, 3.63) is 11.4 Å². The second kappa shape index (κ2) is 6.95. The van der Waals surface area contributed by atoms with Crippen molar-refractivity contribution in [3.63, 3.8) is 0 Å². The van der Waals surface area contributed by atoms with Crippen molar-refractivity contribution >= 4 is 23.5 Å². The van der Waals surface area contributed by atoms with Crippen molar-refractivity contribution < 1.29 is 9.59 Å². The van der Waals surface area contributed by atoms with Crippen molar-refractivity contribution in [2.24, 2.45) is 0 Å². The molecule has 1 aromatic rings. The molecule has 0 atom stereocenters. The molecule has 17 heavy (non-hydrogen) atoms. The Bertz CT molecular complexity index is 357. The topological polar surface area (TPSA) is 84.0 Å². The Morgan fingerprint density at radius 1 is 1.00 bits per heavy atom. The molecule has 0 aliphatic rings. The van der Waals surface area contributed by atoms with Gasteiger partial charge in [-0.1, -0.05) is 13.8 Å². The number of carbonyl (C=O) groups excluding carboxylic acids is 2. The largest absolute Gasteiger partial charge is 0.351 e. The molecule has 0 aliphatic heterocycles. The third-order valence-corrected chi connectivity index (χ3v) is 2.52. The number of nitrogens with one attached hydrogen (secondary N) is 2. The minimum absolute atomic E-state index is 0.108. The summed E-state index contributed by atoms with van der Waals surface area (Å²) in [6, 6.07) is 0. The maximum Gasteiger partial charge on any atom is 0.273 e. The van der Waals surface area contributed by atoms with E-state index < -0.39 is 0 Å². The number of amides is 2. The normalized spacial score (nSPS) is 10.0. The van der Waals surface area contributed by atoms with Crippen LogP contribution in [0.1, 0.15) is 47.7 Å². The van der Waals surface area contributed by atoms with Crippen LogP contribution in [0.3, 0.4) is 0 Å². The van der Waals surface area contributed by atoms with Crippen molar-refractivity contribution in [2.45, 2.75) is 26.7 Å². The van der Waals surface area contributed by atoms with Gasteiger partial charge in [0, 0.05) is 13.1 Å². The first-order valence-electron chi connectivity index (χ1n) is 5.59. The van der Waals surface area contributed by atoms with Gasteiger partial charge in [-0.25, -0.2) is 0 Å². The van der Waals surface area contributed by atoms with E-state index in [1.165, 1.54) is 0 Å². The van der Waals surface area contributed by atoms with E-state index in [2.05, 4.69) is 19.4 Å². The smallest absolute Gasteiger partial charge is 0.273 e. The third-order valence-electron chi connectivity index (χ3n) is 1.99. The van der Waals surface area contributed by atoms with Gasteiger partial charge in [0.15, 0.2) is 11.4 Å². The highest BCUT2D eigenvalue weighted by Crippen LogP contribution is 2.05. The minimum Gasteiger partial charge on any atom is -0.351 e. The Kier molecular flexibility index (Phi) is 5.55. The van der Waals surface area contributed by atoms with Gasteiger partial charge in [0.05, 0.1) is 11.7 Å². The highest BCUT2D eigenvalue weighted by atomic mass is 32.1. The van der Waals surface area contributed by atoms with Crippen molar-refractivity contribution in [1.82, 2.24) is 19.4 Å². The molecule has 0 saturated heterocycles. The Hall–Kier alpha value is -1.50. The lowest BCUT2D eigenvalue weighted by atomic mass is 10.2. The molecule has 0 spiro atoms. The zero-order chi connectivity index (χ0) is 12.7. The van der Waals surface area contributed by atoms with E-state index >= 15 is 0 Å². The monoisotopic (exact) mass is 256 g/mol. The minimum atomic E-state index is -0.345. The molecule has 6 nitrogen and oxygen atoms in total. The summed E-state index contributed by atoms with van der Waals surface area (Å²) in [5.74, 6) is -0.690. The summed E-state index contributed by atoms with van der Waals surface area (Å²) in [6.45, 7) is 5.03. The molecular weight excluding hydrogens is 240 g/mol. The van der Waals surface area contributed by atoms with Crippen LogP contribution in [-0.4, -0.2) is 33.7 Å². The molecule has 1 rings (SSSR count). The maximum atomic E-state index is 11.7. The summed E-state index contributed by atoms with van der Waals surface area (Å²) in [5, 5.41) is 5.34. The van der Waals surface area contributed by atoms with Crippen LogP contribution in [0.2, 0.25) is 0 Å². The molecule has 0 fully saturated rings. The predicted octanol–water partition coefficient (Wildman–Crippen LogP) is 0.818. The Morgan fingerprint density at radius 2 is 1.41 bits per heavy atom. The van der Waals surface area contributed by atoms with Crippen molar-refractivity contribution in [1.29, 1.82) is 0 Å². The maximum absolute atomic E-state index is 11.7. The Balaban J connectivity index is 2.71. The van der Waals surface area contributed by atoms with Gasteiger partial charge in [-0.15, -0.1) is 0 Å². The van der Waals surface area contributed by atoms with Crippen LogP contribution in [-0.2, 0) is 0 Å². The molecule has 2 amide bonds. The SMILES string of the molecule is CCCNC(=O)c1nsnc1C(=O)NCCC. The zero-order valence-corrected chi connectivity index (χ0v) is 10.8. The lowest BCUT2D eigenvalue weighted by Crippen LogP contribution is -2.30. The van der Waals surface area contributed by atoms with Crippen LogP contribution < -0.4 is 10.6 Å². The lowest BCUT2D eigenvalue weighted by Gasteiger charge is -2.03. The van der Waals surface area contributed by atoms with Crippen molar-refractivity contribution in [3.8, 4) is 0 Å². The van der Waals surface area contributed by atoms with E-state index in [0.717, 1.165) is 24.6 Å². The van der Waals surface area contributed by atoms with Crippen LogP contribution in [0, 0.1) is 0 Å². The first-order chi connectivity index (χ1) is 8.20. The van der Waals surface area contributed by atoms with E-state index in [0.29, 0.717) is 13.1 Å². The van der Waals surface area contributed by atoms with Crippen molar-refractivity contribution in [2.75, 3.05) is 13.1 Å². The summed E-state index contributed by atoms with van der Waals surface area (Å²) in [5.41, 5.74) is 0.217. The van der Waals surface area contributed by atoms with Crippen LogP contribution in [0.5, 0.6) is 0 Å². The second-order valence-electron chi connectivity index (χ2n) is 3.47. The van der Waals surface area contributed by atoms with Gasteiger partial charge < -0.3 is 10.6 Å². The molecule has 1 aromatic heterocycles. The van der Waals surface area contributed by atoms with Gasteiger partial charge in [0.1, 0.15) is 0 Å². The molecule has 94 valence electrons. The second-order valence-corrected chi connectivity index (χ2v) is 4.00. The van der Waals surface area contributed by atoms with Gasteiger partial charge in [0.2, 0.25) is 0 Å². The first kappa shape index (κ1) is 13.6. The van der Waals surface area contributed by atoms with Crippen LogP contribution in [0.25, 0.3) is 0 Å². The zero-order valence-electron chi connectivity index (χ0n) is 9.95. The fraction of sp³-hybridized carbons (Fsp3) is 0.600. The Morgan fingerprint density at radius 3 is 1.76 bits per heavy atom. The van der Waals surface area contributed by atoms with E-state index in [9.17, 15) is 9.59 Å². The highest BCUT2D eigenvalue weighted by Gasteiger charge is 2.21. The van der Waals surface area contributed by atoms with E-state index in [-0.39, 0.29) is 23.2 Å². The molecule has 0 unspecified atom stereocenters. The van der Waals surface area contributed by atoms with Crippen LogP contribution in [0.15, 0.2) is 0 Å². The quantitative estimate of drug-likeness (QED) is 0.789. The standard InChI is InChI=1S/C10H16N4O2S/c1-3-5-11-9(15)7-8(14-17-13-7)10(16)12-6-4-2/h3-6H2,1-2H3,(H,11,15)(H,12,16). The van der Waals surface area contributed by atoms with Gasteiger partial charge in [-0.3, -0.25) is 9.59 Å². The number of nitrogens with zero attached hydrogens (tertiary/aromatic N) is 2. The number of hydrogen-bond acceptors (Lipinski definition) is 5. The number of rotatable bonds is 6. The lowest BCUT2D eigenvalue weighted by molar-refractivity contribution is 0.0914. The molecule has 0 radical (unpaired) electrons. The molecule has 0 saturated carbocycles. The van der Waals surface area contributed by atoms with Gasteiger partial charge in [-0.2, -0.15) is 8.75 Å². The molecular formula is C10H16N4O2S. The summed E-state index contributed by atoms with van der Waals surface area (Å²) < 4.78 is 7.71. The summed E-state index contributed by atoms with van der Waals surface area (Å²) >= 11 is 0.868. The predicted molar refractivity (Wildman–Crippen MR) is 65.2 cm³/mol. The highest BCUT2D eigenvalue weighted by molar-refractivity contribution is 6.99. The first-order valence-corrected chi connectivity index (χ1v) is 6.32. The van der Waals surface area contributed by atoms with Crippen LogP contribution in [0.4, 0.5) is 0 Å². The van der Waals surface area contributed by atoms with Crippen LogP contribution >= 0.6 is 11.7 Å². The van der Waals surface area contributed by atoms with Gasteiger partial charge in [-0.05, 0) is 12.8 Å². The number of aromatic nitrogens is 2. The molecule has 0 aliphatic carbocycles. The third kappa shape index (κ3) is 3.77. The molecule has 0 aromatic carbocycles. The van der Waals surface area contributed by atoms with E-state index in [1.54, 1.807) is 0 Å². The average molecular weight is 256 g/mol. The fourth-order valence-corrected chi connectivity index (χ4v) is 1.67. The summed E-state index contributed by atoms with van der Waals surface area (Å²) in [6.07, 6.45) is 1.67. The molecule has 1 heterocycles. The fourth-order valence-electron chi connectivity index (χ4n) is 1.13. The number of carbonyl (C=O) groups is 2. The molecule has 7 heteroatoms. The Labute approximate surface area is 104 Å². The number of hydrogen-bond donors (Lipinski definition) is 2. The van der Waals surface area contributed by atoms with Gasteiger partial charge in [0.25, 0.3) is 11.8 Å². The van der Waals surface area contributed by atoms with E-state index in [4.69, 9.17) is 0 Å². The molecule has 0 bridgehead atoms.